The van der Waals surface area contributed by atoms with Gasteiger partial charge in [0.25, 0.3) is 5.91 Å². The van der Waals surface area contributed by atoms with Gasteiger partial charge in [0.05, 0.1) is 7.11 Å². The molecule has 1 aromatic carbocycles. The van der Waals surface area contributed by atoms with Crippen LogP contribution in [-0.4, -0.2) is 32.6 Å². The molecule has 0 radical (unpaired) electrons. The number of nitrogens with one attached hydrogen (secondary N) is 1. The van der Waals surface area contributed by atoms with Crippen LogP contribution in [0.4, 0.5) is 5.69 Å². The van der Waals surface area contributed by atoms with Gasteiger partial charge in [0.15, 0.2) is 6.61 Å². The zero-order valence-corrected chi connectivity index (χ0v) is 9.65. The van der Waals surface area contributed by atoms with Crippen molar-refractivity contribution < 1.29 is 19.1 Å². The number of benzene rings is 1. The molecule has 1 rings (SSSR count). The summed E-state index contributed by atoms with van der Waals surface area (Å²) in [6, 6.07) is 4.55. The Morgan fingerprint density at radius 1 is 1.41 bits per heavy atom. The van der Waals surface area contributed by atoms with Crippen molar-refractivity contribution in [2.75, 3.05) is 26.5 Å². The van der Waals surface area contributed by atoms with E-state index in [4.69, 9.17) is 15.2 Å². The molecule has 0 saturated carbocycles. The van der Waals surface area contributed by atoms with Crippen LogP contribution in [0, 0.1) is 0 Å². The van der Waals surface area contributed by atoms with Gasteiger partial charge >= 0.3 is 5.97 Å². The van der Waals surface area contributed by atoms with Crippen LogP contribution < -0.4 is 15.8 Å². The first-order valence-electron chi connectivity index (χ1n) is 4.89. The van der Waals surface area contributed by atoms with Crippen LogP contribution in [0.5, 0.6) is 5.75 Å². The fraction of sp³-hybridized carbons (Fsp3) is 0.273. The Morgan fingerprint density at radius 2 is 2.12 bits per heavy atom. The van der Waals surface area contributed by atoms with Crippen molar-refractivity contribution >= 4 is 17.6 Å². The molecule has 0 saturated heterocycles. The Hall–Kier alpha value is -2.24. The van der Waals surface area contributed by atoms with Gasteiger partial charge in [-0.05, 0) is 12.1 Å². The van der Waals surface area contributed by atoms with Gasteiger partial charge in [-0.25, -0.2) is 4.79 Å². The summed E-state index contributed by atoms with van der Waals surface area (Å²) >= 11 is 0. The normalized spacial score (nSPS) is 9.53. The molecule has 3 N–H and O–H groups in total. The van der Waals surface area contributed by atoms with Crippen molar-refractivity contribution in [3.8, 4) is 5.75 Å². The van der Waals surface area contributed by atoms with Crippen molar-refractivity contribution in [3.63, 3.8) is 0 Å². The van der Waals surface area contributed by atoms with Gasteiger partial charge < -0.3 is 20.5 Å². The Morgan fingerprint density at radius 3 is 2.71 bits per heavy atom. The number of carbonyl (C=O) groups is 2. The summed E-state index contributed by atoms with van der Waals surface area (Å²) in [5.41, 5.74) is 6.25. The quantitative estimate of drug-likeness (QED) is 0.576. The minimum Gasteiger partial charge on any atom is -0.496 e. The maximum atomic E-state index is 11.6. The van der Waals surface area contributed by atoms with Crippen LogP contribution in [0.2, 0.25) is 0 Å². The maximum absolute atomic E-state index is 11.6. The topological polar surface area (TPSA) is 90.7 Å². The number of likely N-dealkylation sites (N-methyl/N-ethyl adjacent to an activating group) is 1. The second-order valence-electron chi connectivity index (χ2n) is 3.21. The van der Waals surface area contributed by atoms with E-state index >= 15 is 0 Å². The number of anilines is 1. The molecule has 0 aliphatic heterocycles. The molecule has 0 heterocycles. The molecule has 0 fully saturated rings. The average molecular weight is 238 g/mol. The van der Waals surface area contributed by atoms with E-state index in [1.165, 1.54) is 26.3 Å². The Labute approximate surface area is 98.7 Å². The minimum absolute atomic E-state index is 0.227. The van der Waals surface area contributed by atoms with Crippen molar-refractivity contribution in [1.82, 2.24) is 5.32 Å². The van der Waals surface area contributed by atoms with Gasteiger partial charge in [-0.15, -0.1) is 0 Å². The van der Waals surface area contributed by atoms with Crippen molar-refractivity contribution in [2.24, 2.45) is 0 Å². The molecule has 0 unspecified atom stereocenters. The molecule has 0 atom stereocenters. The molecule has 6 heteroatoms. The van der Waals surface area contributed by atoms with E-state index in [0.717, 1.165) is 0 Å². The van der Waals surface area contributed by atoms with E-state index in [0.29, 0.717) is 11.4 Å². The third kappa shape index (κ3) is 3.37. The Bertz CT molecular complexity index is 431. The van der Waals surface area contributed by atoms with Crippen LogP contribution in [0.25, 0.3) is 0 Å². The highest BCUT2D eigenvalue weighted by Gasteiger charge is 2.14. The molecule has 0 spiro atoms. The summed E-state index contributed by atoms with van der Waals surface area (Å²) in [5, 5.41) is 2.34. The number of methoxy groups -OCH3 is 1. The summed E-state index contributed by atoms with van der Waals surface area (Å²) < 4.78 is 9.79. The Kier molecular flexibility index (Phi) is 4.33. The zero-order valence-electron chi connectivity index (χ0n) is 9.65. The predicted octanol–water partition coefficient (Wildman–Crippen LogP) is 0.180. The summed E-state index contributed by atoms with van der Waals surface area (Å²) in [7, 11) is 2.88. The molecular formula is C11H14N2O4. The van der Waals surface area contributed by atoms with E-state index in [1.54, 1.807) is 6.07 Å². The lowest BCUT2D eigenvalue weighted by molar-refractivity contribution is -0.123. The third-order valence-corrected chi connectivity index (χ3v) is 2.06. The second-order valence-corrected chi connectivity index (χ2v) is 3.21. The lowest BCUT2D eigenvalue weighted by Crippen LogP contribution is -2.25. The number of hydrogen-bond acceptors (Lipinski definition) is 5. The number of carbonyl (C=O) groups excluding carboxylic acids is 2. The van der Waals surface area contributed by atoms with Gasteiger partial charge in [-0.2, -0.15) is 0 Å². The summed E-state index contributed by atoms with van der Waals surface area (Å²) in [5.74, 6) is -0.704. The summed E-state index contributed by atoms with van der Waals surface area (Å²) in [4.78, 5) is 22.5. The maximum Gasteiger partial charge on any atom is 0.342 e. The highest BCUT2D eigenvalue weighted by atomic mass is 16.5. The predicted molar refractivity (Wildman–Crippen MR) is 61.8 cm³/mol. The molecule has 1 amide bonds. The van der Waals surface area contributed by atoms with Crippen LogP contribution in [-0.2, 0) is 9.53 Å². The van der Waals surface area contributed by atoms with Gasteiger partial charge in [-0.3, -0.25) is 4.79 Å². The van der Waals surface area contributed by atoms with Gasteiger partial charge in [0.2, 0.25) is 0 Å². The van der Waals surface area contributed by atoms with E-state index in [9.17, 15) is 9.59 Å². The Balaban J connectivity index is 2.78. The van der Waals surface area contributed by atoms with Crippen molar-refractivity contribution in [2.45, 2.75) is 0 Å². The highest BCUT2D eigenvalue weighted by molar-refractivity contribution is 5.94. The van der Waals surface area contributed by atoms with E-state index < -0.39 is 5.97 Å². The monoisotopic (exact) mass is 238 g/mol. The molecule has 0 aliphatic rings. The summed E-state index contributed by atoms with van der Waals surface area (Å²) in [6.07, 6.45) is 0. The summed E-state index contributed by atoms with van der Waals surface area (Å²) in [6.45, 7) is -0.330. The van der Waals surface area contributed by atoms with E-state index in [-0.39, 0.29) is 18.1 Å². The smallest absolute Gasteiger partial charge is 0.342 e. The molecule has 17 heavy (non-hydrogen) atoms. The fourth-order valence-electron chi connectivity index (χ4n) is 1.16. The van der Waals surface area contributed by atoms with Crippen molar-refractivity contribution in [1.29, 1.82) is 0 Å². The SMILES string of the molecule is CNC(=O)COC(=O)c1ccc(N)cc1OC. The first-order valence-corrected chi connectivity index (χ1v) is 4.89. The molecule has 0 aliphatic carbocycles. The van der Waals surface area contributed by atoms with Gasteiger partial charge in [0, 0.05) is 18.8 Å². The first kappa shape index (κ1) is 12.8. The third-order valence-electron chi connectivity index (χ3n) is 2.06. The number of nitrogens with two attached hydrogens (primary N) is 1. The largest absolute Gasteiger partial charge is 0.496 e. The molecule has 1 aromatic rings. The molecule has 6 nitrogen and oxygen atoms in total. The lowest BCUT2D eigenvalue weighted by atomic mass is 10.2. The fourth-order valence-corrected chi connectivity index (χ4v) is 1.16. The van der Waals surface area contributed by atoms with Crippen LogP contribution >= 0.6 is 0 Å². The minimum atomic E-state index is -0.634. The molecule has 0 aromatic heterocycles. The number of esters is 1. The van der Waals surface area contributed by atoms with Crippen LogP contribution in [0.3, 0.4) is 0 Å². The number of hydrogen-bond donors (Lipinski definition) is 2. The van der Waals surface area contributed by atoms with E-state index in [2.05, 4.69) is 5.32 Å². The van der Waals surface area contributed by atoms with Crippen molar-refractivity contribution in [3.05, 3.63) is 23.8 Å². The average Bonchev–Trinajstić information content (AvgIpc) is 2.35. The van der Waals surface area contributed by atoms with E-state index in [1.807, 2.05) is 0 Å². The second kappa shape index (κ2) is 5.74. The first-order chi connectivity index (χ1) is 8.08. The number of amides is 1. The lowest BCUT2D eigenvalue weighted by Gasteiger charge is -2.08. The van der Waals surface area contributed by atoms with Crippen LogP contribution in [0.1, 0.15) is 10.4 Å². The number of nitrogen functional groups attached to an aromatic ring is 1. The number of rotatable bonds is 4. The van der Waals surface area contributed by atoms with Crippen LogP contribution in [0.15, 0.2) is 18.2 Å². The molecular weight excluding hydrogens is 224 g/mol. The highest BCUT2D eigenvalue weighted by Crippen LogP contribution is 2.22. The van der Waals surface area contributed by atoms with Gasteiger partial charge in [-0.1, -0.05) is 0 Å². The zero-order chi connectivity index (χ0) is 12.8. The van der Waals surface area contributed by atoms with Gasteiger partial charge in [0.1, 0.15) is 11.3 Å². The number of ether oxygens (including phenoxy) is 2. The standard InChI is InChI=1S/C11H14N2O4/c1-13-10(14)6-17-11(15)8-4-3-7(12)5-9(8)16-2/h3-5H,6,12H2,1-2H3,(H,13,14). The molecule has 0 bridgehead atoms. The molecule has 92 valence electrons.